The summed E-state index contributed by atoms with van der Waals surface area (Å²) in [6, 6.07) is 2.11. The third kappa shape index (κ3) is 3.03. The lowest BCUT2D eigenvalue weighted by Gasteiger charge is -2.00. The number of nitro benzene ring substituents is 1. The summed E-state index contributed by atoms with van der Waals surface area (Å²) in [5, 5.41) is 20.2. The Bertz CT molecular complexity index is 514. The summed E-state index contributed by atoms with van der Waals surface area (Å²) in [5.74, 6) is 4.82. The van der Waals surface area contributed by atoms with E-state index in [0.717, 1.165) is 12.1 Å². The summed E-state index contributed by atoms with van der Waals surface area (Å²) < 4.78 is 0. The van der Waals surface area contributed by atoms with Crippen molar-refractivity contribution < 1.29 is 14.8 Å². The van der Waals surface area contributed by atoms with Crippen LogP contribution in [-0.2, 0) is 0 Å². The van der Waals surface area contributed by atoms with Crippen molar-refractivity contribution in [2.45, 2.75) is 6.42 Å². The van der Waals surface area contributed by atoms with Gasteiger partial charge >= 0.3 is 0 Å². The summed E-state index contributed by atoms with van der Waals surface area (Å²) >= 11 is 0. The Morgan fingerprint density at radius 3 is 2.76 bits per heavy atom. The van der Waals surface area contributed by atoms with Crippen molar-refractivity contribution in [3.05, 3.63) is 33.4 Å². The molecule has 0 fully saturated rings. The fourth-order valence-electron chi connectivity index (χ4n) is 1.16. The van der Waals surface area contributed by atoms with Crippen LogP contribution in [0.15, 0.2) is 12.1 Å². The van der Waals surface area contributed by atoms with E-state index in [9.17, 15) is 20.0 Å². The van der Waals surface area contributed by atoms with E-state index in [0.29, 0.717) is 19.3 Å². The average molecular weight is 234 g/mol. The maximum Gasteiger partial charge on any atom is 0.271 e. The zero-order valence-electron chi connectivity index (χ0n) is 8.84. The van der Waals surface area contributed by atoms with E-state index in [-0.39, 0.29) is 22.6 Å². The molecular weight excluding hydrogens is 224 g/mol. The molecule has 0 amide bonds. The van der Waals surface area contributed by atoms with Gasteiger partial charge < -0.3 is 10.8 Å². The third-order valence-electron chi connectivity index (χ3n) is 1.95. The van der Waals surface area contributed by atoms with Crippen LogP contribution in [0.2, 0.25) is 0 Å². The van der Waals surface area contributed by atoms with Gasteiger partial charge in [0.05, 0.1) is 16.1 Å². The van der Waals surface area contributed by atoms with Crippen molar-refractivity contribution in [1.29, 1.82) is 0 Å². The molecule has 1 rings (SSSR count). The third-order valence-corrected chi connectivity index (χ3v) is 1.95. The van der Waals surface area contributed by atoms with Crippen molar-refractivity contribution in [2.75, 3.05) is 6.54 Å². The zero-order valence-corrected chi connectivity index (χ0v) is 8.84. The van der Waals surface area contributed by atoms with Crippen LogP contribution in [0.25, 0.3) is 0 Å². The second-order valence-electron chi connectivity index (χ2n) is 3.15. The monoisotopic (exact) mass is 234 g/mol. The average Bonchev–Trinajstić information content (AvgIpc) is 2.31. The molecule has 6 heteroatoms. The van der Waals surface area contributed by atoms with Crippen LogP contribution in [0.5, 0.6) is 5.75 Å². The Morgan fingerprint density at radius 2 is 2.24 bits per heavy atom. The van der Waals surface area contributed by atoms with Crippen LogP contribution in [0.4, 0.5) is 5.69 Å². The molecule has 17 heavy (non-hydrogen) atoms. The van der Waals surface area contributed by atoms with Crippen molar-refractivity contribution >= 4 is 12.0 Å². The van der Waals surface area contributed by atoms with Crippen molar-refractivity contribution in [1.82, 2.24) is 0 Å². The number of aldehydes is 1. The largest absolute Gasteiger partial charge is 0.506 e. The van der Waals surface area contributed by atoms with Gasteiger partial charge in [0, 0.05) is 25.1 Å². The first-order valence-electron chi connectivity index (χ1n) is 4.75. The molecule has 88 valence electrons. The lowest BCUT2D eigenvalue weighted by molar-refractivity contribution is -0.384. The number of hydrogen-bond donors (Lipinski definition) is 2. The predicted octanol–water partition coefficient (Wildman–Crippen LogP) is 0.813. The molecular formula is C11H10N2O4. The molecule has 3 N–H and O–H groups in total. The number of nitro groups is 1. The standard InChI is InChI=1S/C11H10N2O4/c12-4-2-1-3-8-5-10(13(16)17)6-9(7-14)11(8)15/h5-7,15H,2,4,12H2. The highest BCUT2D eigenvalue weighted by Crippen LogP contribution is 2.26. The normalized spacial score (nSPS) is 9.24. The fourth-order valence-corrected chi connectivity index (χ4v) is 1.16. The maximum absolute atomic E-state index is 10.6. The van der Waals surface area contributed by atoms with Crippen LogP contribution in [0, 0.1) is 22.0 Å². The molecule has 0 radical (unpaired) electrons. The number of non-ortho nitro benzene ring substituents is 1. The molecule has 0 bridgehead atoms. The molecule has 0 saturated carbocycles. The minimum absolute atomic E-state index is 0.0507. The molecule has 0 aliphatic carbocycles. The van der Waals surface area contributed by atoms with E-state index >= 15 is 0 Å². The van der Waals surface area contributed by atoms with Crippen LogP contribution in [-0.4, -0.2) is 22.9 Å². The van der Waals surface area contributed by atoms with Gasteiger partial charge in [-0.25, -0.2) is 0 Å². The van der Waals surface area contributed by atoms with E-state index in [2.05, 4.69) is 11.8 Å². The van der Waals surface area contributed by atoms with Crippen LogP contribution >= 0.6 is 0 Å². The van der Waals surface area contributed by atoms with E-state index in [1.54, 1.807) is 0 Å². The lowest BCUT2D eigenvalue weighted by atomic mass is 10.1. The van der Waals surface area contributed by atoms with Crippen LogP contribution < -0.4 is 5.73 Å². The second-order valence-corrected chi connectivity index (χ2v) is 3.15. The van der Waals surface area contributed by atoms with E-state index in [1.165, 1.54) is 0 Å². The minimum Gasteiger partial charge on any atom is -0.506 e. The number of nitrogens with two attached hydrogens (primary N) is 1. The summed E-state index contributed by atoms with van der Waals surface area (Å²) in [6.07, 6.45) is 0.745. The molecule has 0 spiro atoms. The van der Waals surface area contributed by atoms with Gasteiger partial charge in [-0.1, -0.05) is 11.8 Å². The predicted molar refractivity (Wildman–Crippen MR) is 60.7 cm³/mol. The highest BCUT2D eigenvalue weighted by atomic mass is 16.6. The summed E-state index contributed by atoms with van der Waals surface area (Å²) in [5.41, 5.74) is 4.84. The first-order chi connectivity index (χ1) is 8.10. The number of benzene rings is 1. The van der Waals surface area contributed by atoms with E-state index in [4.69, 9.17) is 5.73 Å². The molecule has 0 atom stereocenters. The number of carbonyl (C=O) groups is 1. The Hall–Kier alpha value is -2.39. The summed E-state index contributed by atoms with van der Waals surface area (Å²) in [6.45, 7) is 0.350. The molecule has 0 heterocycles. The Kier molecular flexibility index (Phi) is 4.20. The Balaban J connectivity index is 3.29. The highest BCUT2D eigenvalue weighted by Gasteiger charge is 2.14. The summed E-state index contributed by atoms with van der Waals surface area (Å²) in [4.78, 5) is 20.6. The van der Waals surface area contributed by atoms with Gasteiger partial charge in [-0.15, -0.1) is 0 Å². The van der Waals surface area contributed by atoms with Gasteiger partial charge in [-0.2, -0.15) is 0 Å². The lowest BCUT2D eigenvalue weighted by Crippen LogP contribution is -1.96. The molecule has 0 aliphatic heterocycles. The first-order valence-corrected chi connectivity index (χ1v) is 4.75. The van der Waals surface area contributed by atoms with Gasteiger partial charge in [0.25, 0.3) is 5.69 Å². The summed E-state index contributed by atoms with van der Waals surface area (Å²) in [7, 11) is 0. The smallest absolute Gasteiger partial charge is 0.271 e. The number of hydrogen-bond acceptors (Lipinski definition) is 5. The highest BCUT2D eigenvalue weighted by molar-refractivity contribution is 5.82. The maximum atomic E-state index is 10.6. The number of rotatable bonds is 3. The van der Waals surface area contributed by atoms with Gasteiger partial charge in [0.15, 0.2) is 6.29 Å². The van der Waals surface area contributed by atoms with Crippen molar-refractivity contribution in [2.24, 2.45) is 5.73 Å². The number of carbonyl (C=O) groups excluding carboxylic acids is 1. The molecule has 0 aliphatic rings. The Labute approximate surface area is 97.2 Å². The van der Waals surface area contributed by atoms with Gasteiger partial charge in [-0.3, -0.25) is 14.9 Å². The zero-order chi connectivity index (χ0) is 12.8. The number of phenolic OH excluding ortho intramolecular Hbond substituents is 1. The van der Waals surface area contributed by atoms with Crippen LogP contribution in [0.3, 0.4) is 0 Å². The van der Waals surface area contributed by atoms with E-state index < -0.39 is 4.92 Å². The van der Waals surface area contributed by atoms with Gasteiger partial charge in [0.2, 0.25) is 0 Å². The SMILES string of the molecule is NCCC#Cc1cc([N+](=O)[O-])cc(C=O)c1O. The molecule has 0 aromatic heterocycles. The van der Waals surface area contributed by atoms with Crippen LogP contribution in [0.1, 0.15) is 22.3 Å². The fraction of sp³-hybridized carbons (Fsp3) is 0.182. The van der Waals surface area contributed by atoms with E-state index in [1.807, 2.05) is 0 Å². The number of nitrogens with zero attached hydrogens (tertiary/aromatic N) is 1. The molecule has 6 nitrogen and oxygen atoms in total. The molecule has 1 aromatic carbocycles. The molecule has 1 aromatic rings. The van der Waals surface area contributed by atoms with Gasteiger partial charge in [-0.05, 0) is 0 Å². The topological polar surface area (TPSA) is 106 Å². The molecule has 0 unspecified atom stereocenters. The second kappa shape index (κ2) is 5.63. The van der Waals surface area contributed by atoms with Gasteiger partial charge in [0.1, 0.15) is 5.75 Å². The molecule has 0 saturated heterocycles. The van der Waals surface area contributed by atoms with Crippen molar-refractivity contribution in [3.8, 4) is 17.6 Å². The quantitative estimate of drug-likeness (QED) is 0.348. The van der Waals surface area contributed by atoms with Crippen molar-refractivity contribution in [3.63, 3.8) is 0 Å². The number of phenols is 1. The number of aromatic hydroxyl groups is 1. The minimum atomic E-state index is -0.652. The first kappa shape index (κ1) is 12.7. The Morgan fingerprint density at radius 1 is 1.53 bits per heavy atom.